The molecule has 1 aromatic rings. The van der Waals surface area contributed by atoms with Crippen molar-refractivity contribution in [1.82, 2.24) is 14.9 Å². The Kier molecular flexibility index (Phi) is 5.43. The lowest BCUT2D eigenvalue weighted by Gasteiger charge is -2.23. The summed E-state index contributed by atoms with van der Waals surface area (Å²) in [5.74, 6) is 1.27. The minimum absolute atomic E-state index is 0.0321. The van der Waals surface area contributed by atoms with Crippen molar-refractivity contribution >= 4 is 17.5 Å². The van der Waals surface area contributed by atoms with Gasteiger partial charge in [0.15, 0.2) is 11.5 Å². The Hall–Kier alpha value is -2.02. The van der Waals surface area contributed by atoms with Gasteiger partial charge in [0.25, 0.3) is 0 Å². The Morgan fingerprint density at radius 3 is 2.59 bits per heavy atom. The van der Waals surface area contributed by atoms with Gasteiger partial charge in [-0.1, -0.05) is 0 Å². The van der Waals surface area contributed by atoms with Gasteiger partial charge in [-0.2, -0.15) is 0 Å². The summed E-state index contributed by atoms with van der Waals surface area (Å²) in [7, 11) is 1.97. The third-order valence-electron chi connectivity index (χ3n) is 3.60. The predicted octanol–water partition coefficient (Wildman–Crippen LogP) is 0.544. The quantitative estimate of drug-likeness (QED) is 0.728. The Bertz CT molecular complexity index is 532. The molecule has 1 unspecified atom stereocenters. The molecule has 0 N–H and O–H groups in total. The largest absolute Gasteiger partial charge is 0.483 e. The molecule has 1 aromatic heterocycles. The lowest BCUT2D eigenvalue weighted by atomic mass is 10.2. The average Bonchev–Trinajstić information content (AvgIpc) is 2.95. The molecule has 1 fully saturated rings. The van der Waals surface area contributed by atoms with Gasteiger partial charge in [0.05, 0.1) is 18.9 Å². The second-order valence-electron chi connectivity index (χ2n) is 5.72. The van der Waals surface area contributed by atoms with Crippen LogP contribution in [-0.4, -0.2) is 65.8 Å². The van der Waals surface area contributed by atoms with Crippen LogP contribution in [0, 0.1) is 0 Å². The third kappa shape index (κ3) is 4.49. The molecule has 1 aliphatic heterocycles. The fourth-order valence-electron chi connectivity index (χ4n) is 2.50. The number of nitrogens with zero attached hydrogens (tertiary/aromatic N) is 4. The van der Waals surface area contributed by atoms with Gasteiger partial charge < -0.3 is 9.64 Å². The molecule has 0 spiro atoms. The third-order valence-corrected chi connectivity index (χ3v) is 3.60. The molecule has 0 radical (unpaired) electrons. The van der Waals surface area contributed by atoms with E-state index < -0.39 is 0 Å². The smallest absolute Gasteiger partial charge is 0.225 e. The summed E-state index contributed by atoms with van der Waals surface area (Å²) in [4.78, 5) is 34.8. The average molecular weight is 306 g/mol. The van der Waals surface area contributed by atoms with Crippen LogP contribution in [0.1, 0.15) is 20.3 Å². The highest BCUT2D eigenvalue weighted by Gasteiger charge is 2.27. The second kappa shape index (κ2) is 7.31. The highest BCUT2D eigenvalue weighted by atomic mass is 16.5. The molecule has 0 amide bonds. The van der Waals surface area contributed by atoms with Gasteiger partial charge in [-0.05, 0) is 27.3 Å². The number of ketones is 2. The number of hydrogen-bond acceptors (Lipinski definition) is 7. The van der Waals surface area contributed by atoms with Crippen LogP contribution in [0.3, 0.4) is 0 Å². The van der Waals surface area contributed by atoms with Crippen molar-refractivity contribution in [2.24, 2.45) is 0 Å². The summed E-state index contributed by atoms with van der Waals surface area (Å²) in [6.45, 7) is 5.24. The van der Waals surface area contributed by atoms with Gasteiger partial charge >= 0.3 is 0 Å². The molecular formula is C15H22N4O3. The van der Waals surface area contributed by atoms with Crippen molar-refractivity contribution in [2.75, 3.05) is 38.2 Å². The molecule has 7 nitrogen and oxygen atoms in total. The monoisotopic (exact) mass is 306 g/mol. The molecule has 120 valence electrons. The molecule has 2 rings (SSSR count). The summed E-state index contributed by atoms with van der Waals surface area (Å²) < 4.78 is 5.25. The first-order chi connectivity index (χ1) is 10.5. The van der Waals surface area contributed by atoms with Crippen LogP contribution in [0.15, 0.2) is 12.4 Å². The first kappa shape index (κ1) is 16.4. The van der Waals surface area contributed by atoms with E-state index in [9.17, 15) is 9.59 Å². The lowest BCUT2D eigenvalue weighted by molar-refractivity contribution is -0.119. The molecule has 2 heterocycles. The van der Waals surface area contributed by atoms with Gasteiger partial charge in [0.1, 0.15) is 12.4 Å². The van der Waals surface area contributed by atoms with E-state index in [1.54, 1.807) is 19.3 Å². The summed E-state index contributed by atoms with van der Waals surface area (Å²) >= 11 is 0. The molecule has 1 atom stereocenters. The number of carbonyl (C=O) groups is 2. The van der Waals surface area contributed by atoms with Crippen LogP contribution in [0.5, 0.6) is 5.75 Å². The molecule has 0 aliphatic carbocycles. The zero-order valence-corrected chi connectivity index (χ0v) is 13.3. The summed E-state index contributed by atoms with van der Waals surface area (Å²) in [6.07, 6.45) is 4.14. The van der Waals surface area contributed by atoms with Gasteiger partial charge in [-0.25, -0.2) is 9.97 Å². The number of hydrogen-bond donors (Lipinski definition) is 0. The van der Waals surface area contributed by atoms with E-state index in [0.717, 1.165) is 19.5 Å². The van der Waals surface area contributed by atoms with Gasteiger partial charge in [-0.15, -0.1) is 0 Å². The molecule has 7 heteroatoms. The maximum atomic E-state index is 11.2. The standard InChI is InChI=1S/C15H22N4O3/c1-11(20)8-18(3)13-4-5-19(9-13)15-16-6-14(7-17-15)22-10-12(2)21/h6-7,13H,4-5,8-10H2,1-3H3. The number of aromatic nitrogens is 2. The van der Waals surface area contributed by atoms with Gasteiger partial charge in [-0.3, -0.25) is 14.5 Å². The van der Waals surface area contributed by atoms with E-state index in [1.807, 2.05) is 7.05 Å². The minimum Gasteiger partial charge on any atom is -0.483 e. The van der Waals surface area contributed by atoms with E-state index >= 15 is 0 Å². The second-order valence-corrected chi connectivity index (χ2v) is 5.72. The maximum absolute atomic E-state index is 11.2. The number of likely N-dealkylation sites (N-methyl/N-ethyl adjacent to an activating group) is 1. The molecule has 0 bridgehead atoms. The van der Waals surface area contributed by atoms with Crippen molar-refractivity contribution in [3.05, 3.63) is 12.4 Å². The zero-order valence-electron chi connectivity index (χ0n) is 13.3. The van der Waals surface area contributed by atoms with E-state index in [1.165, 1.54) is 6.92 Å². The van der Waals surface area contributed by atoms with E-state index in [4.69, 9.17) is 4.74 Å². The highest BCUT2D eigenvalue weighted by Crippen LogP contribution is 2.20. The van der Waals surface area contributed by atoms with Crippen LogP contribution in [0.4, 0.5) is 5.95 Å². The highest BCUT2D eigenvalue weighted by molar-refractivity contribution is 5.77. The Balaban J connectivity index is 1.90. The predicted molar refractivity (Wildman–Crippen MR) is 82.1 cm³/mol. The van der Waals surface area contributed by atoms with E-state index in [0.29, 0.717) is 24.3 Å². The van der Waals surface area contributed by atoms with Crippen LogP contribution in [0.2, 0.25) is 0 Å². The molecular weight excluding hydrogens is 284 g/mol. The zero-order chi connectivity index (χ0) is 16.1. The molecule has 1 saturated heterocycles. The van der Waals surface area contributed by atoms with Crippen molar-refractivity contribution in [2.45, 2.75) is 26.3 Å². The summed E-state index contributed by atoms with van der Waals surface area (Å²) in [5, 5.41) is 0. The van der Waals surface area contributed by atoms with E-state index in [2.05, 4.69) is 19.8 Å². The molecule has 22 heavy (non-hydrogen) atoms. The Morgan fingerprint density at radius 2 is 2.00 bits per heavy atom. The minimum atomic E-state index is -0.0417. The summed E-state index contributed by atoms with van der Waals surface area (Å²) in [6, 6.07) is 0.334. The Morgan fingerprint density at radius 1 is 1.32 bits per heavy atom. The molecule has 1 aliphatic rings. The van der Waals surface area contributed by atoms with Crippen molar-refractivity contribution in [3.8, 4) is 5.75 Å². The summed E-state index contributed by atoms with van der Waals surface area (Å²) in [5.41, 5.74) is 0. The maximum Gasteiger partial charge on any atom is 0.225 e. The first-order valence-corrected chi connectivity index (χ1v) is 7.34. The first-order valence-electron chi connectivity index (χ1n) is 7.34. The van der Waals surface area contributed by atoms with Gasteiger partial charge in [0.2, 0.25) is 5.95 Å². The number of carbonyl (C=O) groups excluding carboxylic acids is 2. The SMILES string of the molecule is CC(=O)COc1cnc(N2CCC(N(C)CC(C)=O)C2)nc1. The van der Waals surface area contributed by atoms with Crippen LogP contribution in [0.25, 0.3) is 0 Å². The Labute approximate surface area is 130 Å². The topological polar surface area (TPSA) is 75.6 Å². The lowest BCUT2D eigenvalue weighted by Crippen LogP contribution is -2.37. The van der Waals surface area contributed by atoms with Crippen molar-refractivity contribution in [3.63, 3.8) is 0 Å². The number of rotatable bonds is 7. The van der Waals surface area contributed by atoms with Crippen LogP contribution in [-0.2, 0) is 9.59 Å². The van der Waals surface area contributed by atoms with Crippen molar-refractivity contribution < 1.29 is 14.3 Å². The fraction of sp³-hybridized carbons (Fsp3) is 0.600. The number of Topliss-reactive ketones (excluding diaryl/α,β-unsaturated/α-hetero) is 2. The van der Waals surface area contributed by atoms with E-state index in [-0.39, 0.29) is 18.2 Å². The number of anilines is 1. The molecule has 0 aromatic carbocycles. The van der Waals surface area contributed by atoms with Gasteiger partial charge in [0, 0.05) is 19.1 Å². The molecule has 0 saturated carbocycles. The van der Waals surface area contributed by atoms with Crippen molar-refractivity contribution in [1.29, 1.82) is 0 Å². The normalized spacial score (nSPS) is 17.8. The fourth-order valence-corrected chi connectivity index (χ4v) is 2.50. The van der Waals surface area contributed by atoms with Crippen LogP contribution < -0.4 is 9.64 Å². The number of ether oxygens (including phenoxy) is 1. The van der Waals surface area contributed by atoms with Crippen LogP contribution >= 0.6 is 0 Å².